The second kappa shape index (κ2) is 12.3. The van der Waals surface area contributed by atoms with Crippen LogP contribution in [0.1, 0.15) is 70.3 Å². The number of quaternary nitrogens is 1. The standard InChI is InChI=1S/C26H38N4O5/c1-19(22-12-4-3-5-13-22)16-27-25(33)28-26(34)30(14-8-9-20(30)2)24(32)23(17-29(35)18-31)15-21-10-6-7-11-21/h3-5,12-13,18-21,23,35H,6-11,14-17H2,1-2H3,(H-,27,28,33,34)/p+1/t19?,20-,23-,30?/m1/s1. The molecule has 1 saturated carbocycles. The zero-order valence-corrected chi connectivity index (χ0v) is 20.8. The minimum Gasteiger partial charge on any atom is -0.337 e. The predicted molar refractivity (Wildman–Crippen MR) is 130 cm³/mol. The van der Waals surface area contributed by atoms with E-state index in [-0.39, 0.29) is 30.8 Å². The van der Waals surface area contributed by atoms with Gasteiger partial charge in [0.05, 0.1) is 19.0 Å². The first-order valence-corrected chi connectivity index (χ1v) is 12.7. The number of carbonyl (C=O) groups is 4. The lowest BCUT2D eigenvalue weighted by Gasteiger charge is -2.36. The highest BCUT2D eigenvalue weighted by atomic mass is 16.5. The average Bonchev–Trinajstić information content (AvgIpc) is 3.52. The topological polar surface area (TPSA) is 116 Å². The van der Waals surface area contributed by atoms with E-state index >= 15 is 0 Å². The number of nitrogens with one attached hydrogen (secondary N) is 2. The summed E-state index contributed by atoms with van der Waals surface area (Å²) in [6.45, 7) is 4.32. The Morgan fingerprint density at radius 2 is 1.83 bits per heavy atom. The van der Waals surface area contributed by atoms with Gasteiger partial charge in [0, 0.05) is 19.4 Å². The molecule has 1 aliphatic heterocycles. The summed E-state index contributed by atoms with van der Waals surface area (Å²) in [6, 6.07) is 8.18. The van der Waals surface area contributed by atoms with Crippen molar-refractivity contribution in [2.24, 2.45) is 11.8 Å². The number of hydroxylamine groups is 2. The normalized spacial score (nSPS) is 23.9. The predicted octanol–water partition coefficient (Wildman–Crippen LogP) is 3.78. The van der Waals surface area contributed by atoms with Gasteiger partial charge in [0.15, 0.2) is 0 Å². The van der Waals surface area contributed by atoms with E-state index < -0.39 is 22.5 Å². The SMILES string of the molecule is CC(CNC(=O)NC(=O)[N+]1(C(=O)[C@H](CC2CCCC2)CN(O)C=O)CCC[C@H]1C)c1ccccc1. The number of imide groups is 2. The van der Waals surface area contributed by atoms with Gasteiger partial charge >= 0.3 is 18.0 Å². The summed E-state index contributed by atoms with van der Waals surface area (Å²) in [5.41, 5.74) is 1.07. The third kappa shape index (κ3) is 6.46. The molecule has 1 heterocycles. The molecule has 6 amide bonds. The Balaban J connectivity index is 1.71. The highest BCUT2D eigenvalue weighted by Crippen LogP contribution is 2.35. The summed E-state index contributed by atoms with van der Waals surface area (Å²) < 4.78 is -0.480. The summed E-state index contributed by atoms with van der Waals surface area (Å²) in [7, 11) is 0. The average molecular weight is 488 g/mol. The van der Waals surface area contributed by atoms with Crippen LogP contribution in [-0.2, 0) is 9.59 Å². The third-order valence-corrected chi connectivity index (χ3v) is 7.77. The number of rotatable bonds is 9. The molecule has 1 saturated heterocycles. The molecule has 1 aromatic rings. The van der Waals surface area contributed by atoms with E-state index in [9.17, 15) is 24.4 Å². The maximum absolute atomic E-state index is 13.9. The van der Waals surface area contributed by atoms with Gasteiger partial charge < -0.3 is 5.32 Å². The highest BCUT2D eigenvalue weighted by Gasteiger charge is 2.55. The van der Waals surface area contributed by atoms with Crippen molar-refractivity contribution in [3.05, 3.63) is 35.9 Å². The molecule has 0 aromatic heterocycles. The second-order valence-electron chi connectivity index (χ2n) is 10.2. The maximum Gasteiger partial charge on any atom is 0.432 e. The molecule has 192 valence electrons. The molecule has 3 rings (SSSR count). The Morgan fingerprint density at radius 3 is 2.43 bits per heavy atom. The fraction of sp³-hybridized carbons (Fsp3) is 0.615. The van der Waals surface area contributed by atoms with Crippen molar-refractivity contribution < 1.29 is 28.9 Å². The minimum absolute atomic E-state index is 0.0576. The lowest BCUT2D eigenvalue weighted by atomic mass is 9.91. The van der Waals surface area contributed by atoms with Crippen LogP contribution >= 0.6 is 0 Å². The van der Waals surface area contributed by atoms with E-state index in [4.69, 9.17) is 0 Å². The molecule has 35 heavy (non-hydrogen) atoms. The number of likely N-dealkylation sites (tertiary alicyclic amines) is 1. The zero-order valence-electron chi connectivity index (χ0n) is 20.8. The van der Waals surface area contributed by atoms with Crippen molar-refractivity contribution >= 4 is 24.4 Å². The molecule has 1 aromatic carbocycles. The van der Waals surface area contributed by atoms with Gasteiger partial charge in [-0.3, -0.25) is 10.0 Å². The number of hydrogen-bond donors (Lipinski definition) is 3. The summed E-state index contributed by atoms with van der Waals surface area (Å²) in [5.74, 6) is -0.624. The Labute approximate surface area is 207 Å². The van der Waals surface area contributed by atoms with E-state index in [2.05, 4.69) is 10.6 Å². The van der Waals surface area contributed by atoms with Crippen LogP contribution in [-0.4, -0.2) is 64.8 Å². The van der Waals surface area contributed by atoms with Crippen molar-refractivity contribution in [3.8, 4) is 0 Å². The number of hydrogen-bond acceptors (Lipinski definition) is 5. The van der Waals surface area contributed by atoms with Gasteiger partial charge in [-0.25, -0.2) is 24.8 Å². The quantitative estimate of drug-likeness (QED) is 0.212. The molecule has 2 unspecified atom stereocenters. The Kier molecular flexibility index (Phi) is 9.40. The van der Waals surface area contributed by atoms with Gasteiger partial charge in [0.25, 0.3) is 0 Å². The van der Waals surface area contributed by atoms with Crippen LogP contribution in [0.3, 0.4) is 0 Å². The van der Waals surface area contributed by atoms with Crippen LogP contribution in [0.4, 0.5) is 9.59 Å². The van der Waals surface area contributed by atoms with E-state index in [1.165, 1.54) is 0 Å². The smallest absolute Gasteiger partial charge is 0.337 e. The summed E-state index contributed by atoms with van der Waals surface area (Å²) in [4.78, 5) is 51.1. The Morgan fingerprint density at radius 1 is 1.14 bits per heavy atom. The van der Waals surface area contributed by atoms with E-state index in [1.54, 1.807) is 0 Å². The van der Waals surface area contributed by atoms with Crippen molar-refractivity contribution in [1.82, 2.24) is 15.7 Å². The molecule has 2 fully saturated rings. The summed E-state index contributed by atoms with van der Waals surface area (Å²) in [5, 5.41) is 15.5. The van der Waals surface area contributed by atoms with Crippen molar-refractivity contribution in [2.75, 3.05) is 19.6 Å². The van der Waals surface area contributed by atoms with Crippen molar-refractivity contribution in [3.63, 3.8) is 0 Å². The Hall–Kier alpha value is -2.78. The van der Waals surface area contributed by atoms with E-state index in [0.717, 1.165) is 31.2 Å². The Bertz CT molecular complexity index is 889. The molecule has 1 aliphatic carbocycles. The molecule has 4 atom stereocenters. The van der Waals surface area contributed by atoms with E-state index in [0.29, 0.717) is 43.3 Å². The molecular weight excluding hydrogens is 448 g/mol. The van der Waals surface area contributed by atoms with Crippen molar-refractivity contribution in [2.45, 2.75) is 70.8 Å². The van der Waals surface area contributed by atoms with Gasteiger partial charge in [-0.1, -0.05) is 62.9 Å². The first-order valence-electron chi connectivity index (χ1n) is 12.7. The molecule has 0 bridgehead atoms. The largest absolute Gasteiger partial charge is 0.432 e. The fourth-order valence-corrected chi connectivity index (χ4v) is 5.69. The fourth-order valence-electron chi connectivity index (χ4n) is 5.69. The van der Waals surface area contributed by atoms with Gasteiger partial charge in [0.2, 0.25) is 6.41 Å². The lowest BCUT2D eigenvalue weighted by molar-refractivity contribution is -0.786. The third-order valence-electron chi connectivity index (χ3n) is 7.77. The molecule has 9 nitrogen and oxygen atoms in total. The number of carbonyl (C=O) groups excluding carboxylic acids is 4. The van der Waals surface area contributed by atoms with Crippen LogP contribution < -0.4 is 10.6 Å². The van der Waals surface area contributed by atoms with Crippen LogP contribution in [0.15, 0.2) is 30.3 Å². The minimum atomic E-state index is -0.680. The summed E-state index contributed by atoms with van der Waals surface area (Å²) in [6.07, 6.45) is 6.36. The van der Waals surface area contributed by atoms with Crippen LogP contribution in [0.5, 0.6) is 0 Å². The molecule has 0 radical (unpaired) electrons. The zero-order chi connectivity index (χ0) is 25.4. The molecule has 3 N–H and O–H groups in total. The van der Waals surface area contributed by atoms with Crippen LogP contribution in [0.2, 0.25) is 0 Å². The van der Waals surface area contributed by atoms with Gasteiger partial charge in [-0.2, -0.15) is 4.48 Å². The van der Waals surface area contributed by atoms with Crippen molar-refractivity contribution in [1.29, 1.82) is 0 Å². The molecule has 9 heteroatoms. The molecule has 0 spiro atoms. The molecular formula is C26H39N4O5+. The first kappa shape index (κ1) is 26.8. The number of benzene rings is 1. The van der Waals surface area contributed by atoms with Gasteiger partial charge in [-0.15, -0.1) is 0 Å². The second-order valence-corrected chi connectivity index (χ2v) is 10.2. The monoisotopic (exact) mass is 487 g/mol. The number of amides is 6. The number of nitrogens with zero attached hydrogens (tertiary/aromatic N) is 2. The van der Waals surface area contributed by atoms with Gasteiger partial charge in [-0.05, 0) is 30.7 Å². The highest BCUT2D eigenvalue weighted by molar-refractivity contribution is 5.95. The molecule has 2 aliphatic rings. The van der Waals surface area contributed by atoms with Gasteiger partial charge in [0.1, 0.15) is 6.04 Å². The first-order chi connectivity index (χ1) is 16.8. The summed E-state index contributed by atoms with van der Waals surface area (Å²) >= 11 is 0. The van der Waals surface area contributed by atoms with E-state index in [1.807, 2.05) is 44.2 Å². The maximum atomic E-state index is 13.9. The number of urea groups is 2. The lowest BCUT2D eigenvalue weighted by Crippen LogP contribution is -2.66. The van der Waals surface area contributed by atoms with Crippen LogP contribution in [0.25, 0.3) is 0 Å². The van der Waals surface area contributed by atoms with Crippen LogP contribution in [0, 0.1) is 11.8 Å².